The van der Waals surface area contributed by atoms with Crippen molar-refractivity contribution < 1.29 is 4.42 Å². The smallest absolute Gasteiger partial charge is 0.194 e. The van der Waals surface area contributed by atoms with Crippen LogP contribution in [0.15, 0.2) is 39.7 Å². The van der Waals surface area contributed by atoms with Crippen LogP contribution in [0.25, 0.3) is 11.0 Å². The van der Waals surface area contributed by atoms with Crippen LogP contribution in [0.4, 0.5) is 0 Å². The number of nitrogens with zero attached hydrogens (tertiary/aromatic N) is 5. The molecule has 3 aromatic rings. The molecular formula is C23H33IN6O. The van der Waals surface area contributed by atoms with E-state index >= 15 is 0 Å². The fraction of sp³-hybridized carbons (Fsp3) is 0.522. The minimum atomic E-state index is 0. The second kappa shape index (κ2) is 11.5. The molecule has 0 spiro atoms. The van der Waals surface area contributed by atoms with Gasteiger partial charge in [-0.3, -0.25) is 4.99 Å². The highest BCUT2D eigenvalue weighted by Crippen LogP contribution is 2.20. The number of rotatable bonds is 7. The molecule has 168 valence electrons. The first kappa shape index (κ1) is 23.6. The Morgan fingerprint density at radius 3 is 2.94 bits per heavy atom. The molecule has 0 aliphatic carbocycles. The Morgan fingerprint density at radius 2 is 2.10 bits per heavy atom. The van der Waals surface area contributed by atoms with Crippen molar-refractivity contribution in [1.82, 2.24) is 25.0 Å². The minimum Gasteiger partial charge on any atom is -0.459 e. The van der Waals surface area contributed by atoms with Gasteiger partial charge in [0.05, 0.1) is 6.54 Å². The number of fused-ring (bicyclic) bond motifs is 2. The number of aromatic nitrogens is 3. The highest BCUT2D eigenvalue weighted by atomic mass is 127. The maximum Gasteiger partial charge on any atom is 0.194 e. The number of hydrogen-bond donors (Lipinski definition) is 1. The summed E-state index contributed by atoms with van der Waals surface area (Å²) in [6, 6.07) is 10.2. The van der Waals surface area contributed by atoms with Gasteiger partial charge in [0.15, 0.2) is 5.96 Å². The van der Waals surface area contributed by atoms with E-state index in [0.29, 0.717) is 6.54 Å². The number of nitrogens with one attached hydrogen (secondary N) is 1. The van der Waals surface area contributed by atoms with E-state index in [2.05, 4.69) is 44.0 Å². The maximum atomic E-state index is 5.96. The molecule has 0 fully saturated rings. The molecule has 0 saturated carbocycles. The van der Waals surface area contributed by atoms with Crippen molar-refractivity contribution in [1.29, 1.82) is 0 Å². The molecule has 0 bridgehead atoms. The fourth-order valence-electron chi connectivity index (χ4n) is 4.05. The number of guanidine groups is 1. The van der Waals surface area contributed by atoms with Crippen LogP contribution in [0.1, 0.15) is 50.0 Å². The zero-order valence-electron chi connectivity index (χ0n) is 18.5. The van der Waals surface area contributed by atoms with Gasteiger partial charge in [-0.1, -0.05) is 24.6 Å². The number of para-hydroxylation sites is 1. The second-order valence-corrected chi connectivity index (χ2v) is 7.94. The van der Waals surface area contributed by atoms with Crippen LogP contribution < -0.4 is 5.32 Å². The van der Waals surface area contributed by atoms with Gasteiger partial charge >= 0.3 is 0 Å². The highest BCUT2D eigenvalue weighted by molar-refractivity contribution is 14.0. The molecule has 0 atom stereocenters. The molecule has 7 nitrogen and oxygen atoms in total. The largest absolute Gasteiger partial charge is 0.459 e. The van der Waals surface area contributed by atoms with Gasteiger partial charge in [-0.25, -0.2) is 0 Å². The third-order valence-corrected chi connectivity index (χ3v) is 5.57. The summed E-state index contributed by atoms with van der Waals surface area (Å²) < 4.78 is 8.29. The summed E-state index contributed by atoms with van der Waals surface area (Å²) in [4.78, 5) is 6.94. The number of furan rings is 1. The van der Waals surface area contributed by atoms with Crippen molar-refractivity contribution in [2.45, 2.75) is 58.5 Å². The van der Waals surface area contributed by atoms with Gasteiger partial charge in [-0.2, -0.15) is 0 Å². The quantitative estimate of drug-likeness (QED) is 0.210. The molecule has 0 amide bonds. The van der Waals surface area contributed by atoms with Crippen LogP contribution in [-0.4, -0.2) is 45.8 Å². The first-order chi connectivity index (χ1) is 14.7. The first-order valence-corrected chi connectivity index (χ1v) is 11.1. The van der Waals surface area contributed by atoms with Crippen molar-refractivity contribution in [2.75, 3.05) is 20.1 Å². The molecule has 0 radical (unpaired) electrons. The Hall–Kier alpha value is -2.10. The normalized spacial score (nSPS) is 14.1. The van der Waals surface area contributed by atoms with Crippen LogP contribution in [0.3, 0.4) is 0 Å². The average molecular weight is 536 g/mol. The summed E-state index contributed by atoms with van der Waals surface area (Å²) in [6.07, 6.45) is 6.69. The maximum absolute atomic E-state index is 5.96. The van der Waals surface area contributed by atoms with E-state index in [-0.39, 0.29) is 24.0 Å². The predicted octanol–water partition coefficient (Wildman–Crippen LogP) is 4.40. The number of benzene rings is 1. The highest BCUT2D eigenvalue weighted by Gasteiger charge is 2.14. The van der Waals surface area contributed by atoms with Crippen molar-refractivity contribution >= 4 is 40.9 Å². The molecular weight excluding hydrogens is 503 g/mol. The van der Waals surface area contributed by atoms with Crippen molar-refractivity contribution in [3.8, 4) is 0 Å². The zero-order chi connectivity index (χ0) is 20.8. The van der Waals surface area contributed by atoms with E-state index in [1.807, 2.05) is 25.2 Å². The van der Waals surface area contributed by atoms with E-state index in [0.717, 1.165) is 73.2 Å². The molecule has 0 saturated heterocycles. The SMILES string of the molecule is CCNC(=NCCCc1nnc2n1CCCCC2)N(C)Cc1cc2ccccc2o1.I. The van der Waals surface area contributed by atoms with Crippen LogP contribution in [0.5, 0.6) is 0 Å². The molecule has 4 rings (SSSR count). The topological polar surface area (TPSA) is 71.5 Å². The second-order valence-electron chi connectivity index (χ2n) is 7.94. The lowest BCUT2D eigenvalue weighted by atomic mass is 10.2. The molecule has 31 heavy (non-hydrogen) atoms. The summed E-state index contributed by atoms with van der Waals surface area (Å²) in [5.41, 5.74) is 0.926. The van der Waals surface area contributed by atoms with Gasteiger partial charge in [0.2, 0.25) is 0 Å². The summed E-state index contributed by atoms with van der Waals surface area (Å²) in [7, 11) is 2.05. The molecule has 0 unspecified atom stereocenters. The zero-order valence-corrected chi connectivity index (χ0v) is 20.8. The Balaban J connectivity index is 0.00000272. The summed E-state index contributed by atoms with van der Waals surface area (Å²) in [5, 5.41) is 13.4. The molecule has 2 aromatic heterocycles. The number of halogens is 1. The van der Waals surface area contributed by atoms with E-state index in [1.54, 1.807) is 0 Å². The Kier molecular flexibility index (Phi) is 8.74. The summed E-state index contributed by atoms with van der Waals surface area (Å²) >= 11 is 0. The van der Waals surface area contributed by atoms with Gasteiger partial charge in [0, 0.05) is 44.9 Å². The lowest BCUT2D eigenvalue weighted by Gasteiger charge is -2.21. The van der Waals surface area contributed by atoms with Gasteiger partial charge in [0.1, 0.15) is 23.0 Å². The third kappa shape index (κ3) is 5.99. The van der Waals surface area contributed by atoms with Gasteiger partial charge in [-0.15, -0.1) is 34.2 Å². The molecule has 1 N–H and O–H groups in total. The monoisotopic (exact) mass is 536 g/mol. The van der Waals surface area contributed by atoms with Gasteiger partial charge in [0.25, 0.3) is 0 Å². The molecule has 1 aromatic carbocycles. The standard InChI is InChI=1S/C23H32N6O.HI/c1-3-24-23(28(2)17-19-16-18-10-6-7-11-20(18)30-19)25-14-9-13-22-27-26-21-12-5-4-8-15-29(21)22;/h6-7,10-11,16H,3-5,8-9,12-15,17H2,1-2H3,(H,24,25);1H. The van der Waals surface area contributed by atoms with Crippen LogP contribution in [0, 0.1) is 0 Å². The number of hydrogen-bond acceptors (Lipinski definition) is 4. The van der Waals surface area contributed by atoms with E-state index in [1.165, 1.54) is 19.3 Å². The number of aliphatic imine (C=N–C) groups is 1. The van der Waals surface area contributed by atoms with Crippen molar-refractivity contribution in [3.63, 3.8) is 0 Å². The average Bonchev–Trinajstić information content (AvgIpc) is 3.25. The third-order valence-electron chi connectivity index (χ3n) is 5.57. The van der Waals surface area contributed by atoms with Crippen LogP contribution in [-0.2, 0) is 25.9 Å². The number of aryl methyl sites for hydroxylation is 2. The van der Waals surface area contributed by atoms with Crippen molar-refractivity contribution in [3.05, 3.63) is 47.7 Å². The first-order valence-electron chi connectivity index (χ1n) is 11.1. The lowest BCUT2D eigenvalue weighted by molar-refractivity contribution is 0.412. The fourth-order valence-corrected chi connectivity index (χ4v) is 4.05. The minimum absolute atomic E-state index is 0. The Labute approximate surface area is 201 Å². The van der Waals surface area contributed by atoms with Crippen LogP contribution in [0.2, 0.25) is 0 Å². The summed E-state index contributed by atoms with van der Waals surface area (Å²) in [5.74, 6) is 4.11. The van der Waals surface area contributed by atoms with E-state index < -0.39 is 0 Å². The van der Waals surface area contributed by atoms with Crippen molar-refractivity contribution in [2.24, 2.45) is 4.99 Å². The lowest BCUT2D eigenvalue weighted by Crippen LogP contribution is -2.38. The Morgan fingerprint density at radius 1 is 1.23 bits per heavy atom. The molecule has 3 heterocycles. The molecule has 8 heteroatoms. The molecule has 1 aliphatic heterocycles. The van der Waals surface area contributed by atoms with E-state index in [9.17, 15) is 0 Å². The van der Waals surface area contributed by atoms with Gasteiger partial charge in [-0.05, 0) is 38.3 Å². The predicted molar refractivity (Wildman–Crippen MR) is 135 cm³/mol. The van der Waals surface area contributed by atoms with Crippen LogP contribution >= 0.6 is 24.0 Å². The molecule has 1 aliphatic rings. The van der Waals surface area contributed by atoms with Gasteiger partial charge < -0.3 is 19.2 Å². The van der Waals surface area contributed by atoms with E-state index in [4.69, 9.17) is 9.41 Å². The Bertz CT molecular complexity index is 962. The summed E-state index contributed by atoms with van der Waals surface area (Å²) in [6.45, 7) is 5.42.